The number of hydrogen-bond donors (Lipinski definition) is 1. The standard InChI is InChI=1S/C19H19N3O4/c1-12-7-21-15(8-20-12)17(23)22-9-14-10-26-16-5-3-2-4-13(16)6-19(14,11-22)18(24)25/h2-5,7-8,14H,6,9-11H2,1H3,(H,24,25)/t14-,19+/m1/s1. The van der Waals surface area contributed by atoms with Crippen molar-refractivity contribution in [1.82, 2.24) is 14.9 Å². The van der Waals surface area contributed by atoms with E-state index in [4.69, 9.17) is 4.74 Å². The predicted molar refractivity (Wildman–Crippen MR) is 91.9 cm³/mol. The van der Waals surface area contributed by atoms with E-state index in [0.717, 1.165) is 17.0 Å². The number of amides is 1. The highest BCUT2D eigenvalue weighted by molar-refractivity contribution is 5.93. The number of nitrogens with zero attached hydrogens (tertiary/aromatic N) is 3. The van der Waals surface area contributed by atoms with E-state index in [1.807, 2.05) is 24.3 Å². The Bertz CT molecular complexity index is 867. The van der Waals surface area contributed by atoms with Crippen molar-refractivity contribution in [2.24, 2.45) is 11.3 Å². The summed E-state index contributed by atoms with van der Waals surface area (Å²) in [4.78, 5) is 34.8. The first-order valence-electron chi connectivity index (χ1n) is 8.51. The van der Waals surface area contributed by atoms with Gasteiger partial charge in [-0.05, 0) is 25.0 Å². The van der Waals surface area contributed by atoms with Crippen LogP contribution in [-0.4, -0.2) is 51.5 Å². The quantitative estimate of drug-likeness (QED) is 0.881. The van der Waals surface area contributed by atoms with Crippen LogP contribution in [0.4, 0.5) is 0 Å². The SMILES string of the molecule is Cc1cnc(C(=O)N2C[C@@H]3COc4ccccc4C[C@]3(C(=O)O)C2)cn1. The first-order valence-corrected chi connectivity index (χ1v) is 8.51. The molecule has 0 radical (unpaired) electrons. The van der Waals surface area contributed by atoms with E-state index in [-0.39, 0.29) is 30.7 Å². The molecule has 2 aliphatic rings. The Morgan fingerprint density at radius 1 is 1.27 bits per heavy atom. The van der Waals surface area contributed by atoms with Crippen LogP contribution in [0, 0.1) is 18.3 Å². The molecular formula is C19H19N3O4. The number of para-hydroxylation sites is 1. The van der Waals surface area contributed by atoms with Crippen molar-refractivity contribution < 1.29 is 19.4 Å². The van der Waals surface area contributed by atoms with Gasteiger partial charge in [-0.2, -0.15) is 0 Å². The van der Waals surface area contributed by atoms with Crippen molar-refractivity contribution in [3.63, 3.8) is 0 Å². The molecule has 1 aromatic carbocycles. The minimum absolute atomic E-state index is 0.138. The zero-order valence-corrected chi connectivity index (χ0v) is 14.4. The molecule has 0 saturated carbocycles. The maximum atomic E-state index is 12.8. The number of rotatable bonds is 2. The van der Waals surface area contributed by atoms with Crippen molar-refractivity contribution in [3.05, 3.63) is 53.6 Å². The summed E-state index contributed by atoms with van der Waals surface area (Å²) in [5, 5.41) is 10.0. The van der Waals surface area contributed by atoms with Crippen molar-refractivity contribution >= 4 is 11.9 Å². The van der Waals surface area contributed by atoms with E-state index < -0.39 is 11.4 Å². The molecule has 4 rings (SSSR count). The number of aliphatic carboxylic acids is 1. The number of hydrogen-bond acceptors (Lipinski definition) is 5. The number of aromatic nitrogens is 2. The fourth-order valence-electron chi connectivity index (χ4n) is 3.85. The normalized spacial score (nSPS) is 24.2. The number of carbonyl (C=O) groups excluding carboxylic acids is 1. The molecule has 7 nitrogen and oxygen atoms in total. The maximum absolute atomic E-state index is 12.8. The highest BCUT2D eigenvalue weighted by atomic mass is 16.5. The lowest BCUT2D eigenvalue weighted by atomic mass is 9.74. The van der Waals surface area contributed by atoms with Gasteiger partial charge in [0.05, 0.1) is 23.9 Å². The molecule has 0 bridgehead atoms. The molecule has 2 aliphatic heterocycles. The molecule has 2 atom stereocenters. The summed E-state index contributed by atoms with van der Waals surface area (Å²) in [6.07, 6.45) is 3.31. The van der Waals surface area contributed by atoms with Crippen LogP contribution in [0.2, 0.25) is 0 Å². The molecule has 1 N–H and O–H groups in total. The van der Waals surface area contributed by atoms with Crippen LogP contribution < -0.4 is 4.74 Å². The third kappa shape index (κ3) is 2.60. The van der Waals surface area contributed by atoms with Crippen molar-refractivity contribution in [2.45, 2.75) is 13.3 Å². The van der Waals surface area contributed by atoms with Gasteiger partial charge in [-0.3, -0.25) is 14.6 Å². The van der Waals surface area contributed by atoms with E-state index >= 15 is 0 Å². The molecule has 7 heteroatoms. The number of fused-ring (bicyclic) bond motifs is 2. The largest absolute Gasteiger partial charge is 0.493 e. The Hall–Kier alpha value is -2.96. The van der Waals surface area contributed by atoms with Gasteiger partial charge >= 0.3 is 5.97 Å². The van der Waals surface area contributed by atoms with Crippen LogP contribution >= 0.6 is 0 Å². The number of likely N-dealkylation sites (tertiary alicyclic amines) is 1. The summed E-state index contributed by atoms with van der Waals surface area (Å²) in [5.74, 6) is -0.743. The van der Waals surface area contributed by atoms with Gasteiger partial charge in [0.15, 0.2) is 0 Å². The lowest BCUT2D eigenvalue weighted by Gasteiger charge is -2.27. The first-order chi connectivity index (χ1) is 12.5. The lowest BCUT2D eigenvalue weighted by Crippen LogP contribution is -2.42. The van der Waals surface area contributed by atoms with Gasteiger partial charge in [0.2, 0.25) is 0 Å². The molecule has 1 fully saturated rings. The van der Waals surface area contributed by atoms with Gasteiger partial charge in [-0.1, -0.05) is 18.2 Å². The summed E-state index contributed by atoms with van der Waals surface area (Å²) in [7, 11) is 0. The Morgan fingerprint density at radius 2 is 2.08 bits per heavy atom. The monoisotopic (exact) mass is 353 g/mol. The van der Waals surface area contributed by atoms with Crippen LogP contribution in [0.1, 0.15) is 21.7 Å². The second-order valence-corrected chi connectivity index (χ2v) is 6.98. The average molecular weight is 353 g/mol. The summed E-state index contributed by atoms with van der Waals surface area (Å²) in [6.45, 7) is 2.53. The van der Waals surface area contributed by atoms with Crippen LogP contribution in [0.25, 0.3) is 0 Å². The fraction of sp³-hybridized carbons (Fsp3) is 0.368. The highest BCUT2D eigenvalue weighted by Gasteiger charge is 2.55. The molecule has 3 heterocycles. The minimum atomic E-state index is -1.06. The van der Waals surface area contributed by atoms with Crippen molar-refractivity contribution in [2.75, 3.05) is 19.7 Å². The minimum Gasteiger partial charge on any atom is -0.493 e. The Kier molecular flexibility index (Phi) is 3.86. The van der Waals surface area contributed by atoms with Gasteiger partial charge in [0.25, 0.3) is 5.91 Å². The molecule has 1 amide bonds. The molecule has 26 heavy (non-hydrogen) atoms. The Labute approximate surface area is 150 Å². The summed E-state index contributed by atoms with van der Waals surface area (Å²) in [6, 6.07) is 7.49. The number of carbonyl (C=O) groups is 2. The smallest absolute Gasteiger partial charge is 0.312 e. The van der Waals surface area contributed by atoms with E-state index in [9.17, 15) is 14.7 Å². The predicted octanol–water partition coefficient (Wildman–Crippen LogP) is 1.56. The van der Waals surface area contributed by atoms with E-state index in [1.54, 1.807) is 11.8 Å². The molecular weight excluding hydrogens is 334 g/mol. The highest BCUT2D eigenvalue weighted by Crippen LogP contribution is 2.44. The molecule has 1 aromatic heterocycles. The zero-order valence-electron chi connectivity index (χ0n) is 14.4. The third-order valence-electron chi connectivity index (χ3n) is 5.33. The third-order valence-corrected chi connectivity index (χ3v) is 5.33. The summed E-state index contributed by atoms with van der Waals surface area (Å²) >= 11 is 0. The topological polar surface area (TPSA) is 92.6 Å². The molecule has 0 unspecified atom stereocenters. The maximum Gasteiger partial charge on any atom is 0.312 e. The summed E-state index contributed by atoms with van der Waals surface area (Å²) < 4.78 is 5.86. The number of ether oxygens (including phenoxy) is 1. The van der Waals surface area contributed by atoms with Gasteiger partial charge in [-0.25, -0.2) is 4.98 Å². The van der Waals surface area contributed by atoms with Crippen molar-refractivity contribution in [1.29, 1.82) is 0 Å². The molecule has 0 aliphatic carbocycles. The van der Waals surface area contributed by atoms with Crippen LogP contribution in [0.5, 0.6) is 5.75 Å². The van der Waals surface area contributed by atoms with E-state index in [1.165, 1.54) is 12.4 Å². The van der Waals surface area contributed by atoms with Gasteiger partial charge in [0, 0.05) is 25.2 Å². The molecule has 2 aromatic rings. The molecule has 1 saturated heterocycles. The molecule has 0 spiro atoms. The van der Waals surface area contributed by atoms with E-state index in [2.05, 4.69) is 9.97 Å². The van der Waals surface area contributed by atoms with Gasteiger partial charge in [-0.15, -0.1) is 0 Å². The van der Waals surface area contributed by atoms with E-state index in [0.29, 0.717) is 13.0 Å². The second kappa shape index (κ2) is 6.09. The number of carboxylic acid groups (broad SMARTS) is 1. The van der Waals surface area contributed by atoms with Crippen molar-refractivity contribution in [3.8, 4) is 5.75 Å². The van der Waals surface area contributed by atoms with Gasteiger partial charge < -0.3 is 14.7 Å². The number of benzene rings is 1. The van der Waals surface area contributed by atoms with Gasteiger partial charge in [0.1, 0.15) is 11.4 Å². The zero-order chi connectivity index (χ0) is 18.3. The van der Waals surface area contributed by atoms with Crippen LogP contribution in [0.3, 0.4) is 0 Å². The molecule has 134 valence electrons. The lowest BCUT2D eigenvalue weighted by molar-refractivity contribution is -0.150. The first kappa shape index (κ1) is 16.5. The second-order valence-electron chi connectivity index (χ2n) is 6.98. The van der Waals surface area contributed by atoms with Crippen LogP contribution in [-0.2, 0) is 11.2 Å². The number of carboxylic acids is 1. The Morgan fingerprint density at radius 3 is 2.81 bits per heavy atom. The van der Waals surface area contributed by atoms with Crippen LogP contribution in [0.15, 0.2) is 36.7 Å². The Balaban J connectivity index is 1.65. The number of aryl methyl sites for hydroxylation is 1. The average Bonchev–Trinajstić information content (AvgIpc) is 2.93. The fourth-order valence-corrected chi connectivity index (χ4v) is 3.85. The summed E-state index contributed by atoms with van der Waals surface area (Å²) in [5.41, 5.74) is 0.760.